The number of rotatable bonds is 5. The molecule has 3 atom stereocenters. The molecule has 0 N–H and O–H groups in total. The Hall–Kier alpha value is -2.77. The van der Waals surface area contributed by atoms with Crippen LogP contribution in [-0.2, 0) is 0 Å². The van der Waals surface area contributed by atoms with Crippen LogP contribution in [0.5, 0.6) is 5.75 Å². The fourth-order valence-corrected chi connectivity index (χ4v) is 5.02. The summed E-state index contributed by atoms with van der Waals surface area (Å²) in [5.74, 6) is 1.80. The van der Waals surface area contributed by atoms with E-state index in [1.54, 1.807) is 30.6 Å². The van der Waals surface area contributed by atoms with E-state index >= 15 is 0 Å². The lowest BCUT2D eigenvalue weighted by Gasteiger charge is -2.33. The van der Waals surface area contributed by atoms with E-state index in [4.69, 9.17) is 27.9 Å². The fraction of sp³-hybridized carbons (Fsp3) is 0.348. The third kappa shape index (κ3) is 4.02. The van der Waals surface area contributed by atoms with Crippen LogP contribution >= 0.6 is 23.2 Å². The molecule has 1 amide bonds. The smallest absolute Gasteiger partial charge is 0.273 e. The minimum atomic E-state index is -0.120. The van der Waals surface area contributed by atoms with Crippen LogP contribution in [0.2, 0.25) is 10.3 Å². The minimum Gasteiger partial charge on any atom is -0.491 e. The summed E-state index contributed by atoms with van der Waals surface area (Å²) in [6.07, 6.45) is 5.52. The molecule has 3 aromatic rings. The van der Waals surface area contributed by atoms with Gasteiger partial charge in [0.05, 0.1) is 11.6 Å². The van der Waals surface area contributed by atoms with Gasteiger partial charge in [0.15, 0.2) is 5.82 Å². The van der Waals surface area contributed by atoms with Crippen molar-refractivity contribution in [3.63, 3.8) is 0 Å². The first-order chi connectivity index (χ1) is 15.5. The monoisotopic (exact) mass is 469 g/mol. The van der Waals surface area contributed by atoms with E-state index in [1.165, 1.54) is 0 Å². The maximum Gasteiger partial charge on any atom is 0.273 e. The van der Waals surface area contributed by atoms with E-state index in [0.717, 1.165) is 18.5 Å². The lowest BCUT2D eigenvalue weighted by molar-refractivity contribution is 0.0645. The zero-order chi connectivity index (χ0) is 22.2. The summed E-state index contributed by atoms with van der Waals surface area (Å²) in [6.45, 7) is 2.92. The van der Waals surface area contributed by atoms with Gasteiger partial charge in [-0.25, -0.2) is 19.9 Å². The topological polar surface area (TPSA) is 81.1 Å². The van der Waals surface area contributed by atoms with Crippen LogP contribution < -0.4 is 4.74 Å². The number of carbonyl (C=O) groups is 1. The molecule has 3 aromatic heterocycles. The number of pyridine rings is 2. The predicted molar refractivity (Wildman–Crippen MR) is 121 cm³/mol. The van der Waals surface area contributed by atoms with E-state index in [1.807, 2.05) is 24.0 Å². The number of amides is 1. The quantitative estimate of drug-likeness (QED) is 0.512. The predicted octanol–water partition coefficient (Wildman–Crippen LogP) is 4.48. The van der Waals surface area contributed by atoms with Crippen LogP contribution in [0.25, 0.3) is 11.4 Å². The summed E-state index contributed by atoms with van der Waals surface area (Å²) in [7, 11) is 0. The highest BCUT2D eigenvalue weighted by Gasteiger charge is 2.49. The molecule has 9 heteroatoms. The molecule has 1 saturated heterocycles. The standard InChI is InChI=1S/C23H21Cl2N5O2/c1-13-3-5-17(22-26-7-2-8-27-22)21(28-13)23(31)30-11-14-4-6-16(14)18(30)12-32-15-9-19(24)29-20(25)10-15/h2-3,5,7-10,14,16,18H,4,6,11-12H2,1H3/t14?,16-,18+/m0/s1. The minimum absolute atomic E-state index is 0.0566. The molecule has 0 radical (unpaired) electrons. The number of ether oxygens (including phenoxy) is 1. The van der Waals surface area contributed by atoms with Crippen molar-refractivity contribution in [1.29, 1.82) is 0 Å². The van der Waals surface area contributed by atoms with Crippen LogP contribution in [0, 0.1) is 18.8 Å². The first kappa shape index (κ1) is 21.1. The third-order valence-electron chi connectivity index (χ3n) is 6.26. The van der Waals surface area contributed by atoms with Crippen molar-refractivity contribution in [3.8, 4) is 17.1 Å². The van der Waals surface area contributed by atoms with Gasteiger partial charge in [0.1, 0.15) is 28.4 Å². The first-order valence-corrected chi connectivity index (χ1v) is 11.3. The lowest BCUT2D eigenvalue weighted by Crippen LogP contribution is -2.43. The highest BCUT2D eigenvalue weighted by molar-refractivity contribution is 6.32. The van der Waals surface area contributed by atoms with E-state index in [-0.39, 0.29) is 22.3 Å². The van der Waals surface area contributed by atoms with E-state index in [9.17, 15) is 4.79 Å². The summed E-state index contributed by atoms with van der Waals surface area (Å²) in [6, 6.07) is 8.67. The molecule has 1 saturated carbocycles. The van der Waals surface area contributed by atoms with Gasteiger partial charge in [0, 0.05) is 36.8 Å². The molecule has 5 rings (SSSR count). The van der Waals surface area contributed by atoms with Crippen molar-refractivity contribution in [2.45, 2.75) is 25.8 Å². The number of aromatic nitrogens is 4. The van der Waals surface area contributed by atoms with Gasteiger partial charge >= 0.3 is 0 Å². The Morgan fingerprint density at radius 2 is 1.88 bits per heavy atom. The molecule has 32 heavy (non-hydrogen) atoms. The Balaban J connectivity index is 1.43. The normalized spacial score (nSPS) is 21.7. The van der Waals surface area contributed by atoms with Crippen molar-refractivity contribution >= 4 is 29.1 Å². The van der Waals surface area contributed by atoms with E-state index in [2.05, 4.69) is 19.9 Å². The van der Waals surface area contributed by atoms with Gasteiger partial charge in [-0.05, 0) is 49.8 Å². The molecular weight excluding hydrogens is 449 g/mol. The van der Waals surface area contributed by atoms with Gasteiger partial charge in [-0.2, -0.15) is 0 Å². The highest BCUT2D eigenvalue weighted by Crippen LogP contribution is 2.45. The van der Waals surface area contributed by atoms with Crippen molar-refractivity contribution in [3.05, 3.63) is 64.4 Å². The van der Waals surface area contributed by atoms with Crippen molar-refractivity contribution in [1.82, 2.24) is 24.8 Å². The number of aryl methyl sites for hydroxylation is 1. The molecule has 1 aliphatic heterocycles. The van der Waals surface area contributed by atoms with Crippen LogP contribution in [0.15, 0.2) is 42.7 Å². The molecule has 0 spiro atoms. The average Bonchev–Trinajstić information content (AvgIpc) is 3.01. The Bertz CT molecular complexity index is 1140. The number of hydrogen-bond acceptors (Lipinski definition) is 6. The maximum atomic E-state index is 13.7. The largest absolute Gasteiger partial charge is 0.491 e. The van der Waals surface area contributed by atoms with Crippen LogP contribution in [0.1, 0.15) is 29.0 Å². The fourth-order valence-electron chi connectivity index (χ4n) is 4.58. The lowest BCUT2D eigenvalue weighted by atomic mass is 9.73. The van der Waals surface area contributed by atoms with Crippen molar-refractivity contribution in [2.75, 3.05) is 13.2 Å². The summed E-state index contributed by atoms with van der Waals surface area (Å²) >= 11 is 12.0. The van der Waals surface area contributed by atoms with E-state index < -0.39 is 0 Å². The highest BCUT2D eigenvalue weighted by atomic mass is 35.5. The molecule has 4 heterocycles. The number of likely N-dealkylation sites (tertiary alicyclic amines) is 1. The van der Waals surface area contributed by atoms with Crippen LogP contribution in [0.3, 0.4) is 0 Å². The molecule has 7 nitrogen and oxygen atoms in total. The number of carbonyl (C=O) groups excluding carboxylic acids is 1. The Labute approximate surface area is 195 Å². The summed E-state index contributed by atoms with van der Waals surface area (Å²) in [5.41, 5.74) is 1.77. The van der Waals surface area contributed by atoms with Crippen LogP contribution in [0.4, 0.5) is 0 Å². The van der Waals surface area contributed by atoms with Crippen molar-refractivity contribution in [2.24, 2.45) is 11.8 Å². The van der Waals surface area contributed by atoms with Gasteiger partial charge < -0.3 is 9.64 Å². The van der Waals surface area contributed by atoms with Gasteiger partial charge in [-0.15, -0.1) is 0 Å². The Kier molecular flexibility index (Phi) is 5.69. The van der Waals surface area contributed by atoms with Gasteiger partial charge in [-0.3, -0.25) is 4.79 Å². The molecule has 2 aliphatic rings. The second-order valence-corrected chi connectivity index (χ2v) is 8.98. The molecular formula is C23H21Cl2N5O2. The zero-order valence-corrected chi connectivity index (χ0v) is 18.9. The van der Waals surface area contributed by atoms with Gasteiger partial charge in [0.2, 0.25) is 0 Å². The summed E-state index contributed by atoms with van der Waals surface area (Å²) in [4.78, 5) is 32.8. The Morgan fingerprint density at radius 1 is 1.12 bits per heavy atom. The SMILES string of the molecule is Cc1ccc(-c2ncccn2)c(C(=O)N2CC3CC[C@@H]3[C@H]2COc2cc(Cl)nc(Cl)c2)n1. The molecule has 2 fully saturated rings. The first-order valence-electron chi connectivity index (χ1n) is 10.5. The molecule has 1 aliphatic carbocycles. The van der Waals surface area contributed by atoms with E-state index in [0.29, 0.717) is 47.8 Å². The Morgan fingerprint density at radius 3 is 2.56 bits per heavy atom. The zero-order valence-electron chi connectivity index (χ0n) is 17.4. The number of halogens is 2. The molecule has 0 aromatic carbocycles. The summed E-state index contributed by atoms with van der Waals surface area (Å²) < 4.78 is 6.01. The number of hydrogen-bond donors (Lipinski definition) is 0. The third-order valence-corrected chi connectivity index (χ3v) is 6.65. The van der Waals surface area contributed by atoms with Crippen molar-refractivity contribution < 1.29 is 9.53 Å². The molecule has 1 unspecified atom stereocenters. The molecule has 164 valence electrons. The second kappa shape index (κ2) is 8.64. The summed E-state index contributed by atoms with van der Waals surface area (Å²) in [5, 5.41) is 0.537. The molecule has 0 bridgehead atoms. The van der Waals surface area contributed by atoms with Crippen LogP contribution in [-0.4, -0.2) is 49.9 Å². The van der Waals surface area contributed by atoms with Gasteiger partial charge in [-0.1, -0.05) is 23.2 Å². The number of fused-ring (bicyclic) bond motifs is 1. The second-order valence-electron chi connectivity index (χ2n) is 8.21. The number of nitrogens with zero attached hydrogens (tertiary/aromatic N) is 5. The maximum absolute atomic E-state index is 13.7. The van der Waals surface area contributed by atoms with Gasteiger partial charge in [0.25, 0.3) is 5.91 Å². The average molecular weight is 470 g/mol.